The van der Waals surface area contributed by atoms with Crippen molar-refractivity contribution in [3.63, 3.8) is 0 Å². The van der Waals surface area contributed by atoms with Gasteiger partial charge in [-0.05, 0) is 37.8 Å². The van der Waals surface area contributed by atoms with E-state index in [-0.39, 0.29) is 29.1 Å². The van der Waals surface area contributed by atoms with Gasteiger partial charge in [0.15, 0.2) is 0 Å². The van der Waals surface area contributed by atoms with Crippen LogP contribution in [-0.2, 0) is 0 Å². The van der Waals surface area contributed by atoms with Crippen LogP contribution < -0.4 is 10.6 Å². The van der Waals surface area contributed by atoms with E-state index in [2.05, 4.69) is 10.6 Å². The first-order chi connectivity index (χ1) is 11.5. The number of likely N-dealkylation sites (tertiary alicyclic amines) is 1. The van der Waals surface area contributed by atoms with Gasteiger partial charge in [0.05, 0.1) is 11.1 Å². The monoisotopic (exact) mass is 331 g/mol. The number of carboxylic acids is 1. The fourth-order valence-corrected chi connectivity index (χ4v) is 2.89. The van der Waals surface area contributed by atoms with E-state index in [4.69, 9.17) is 0 Å². The van der Waals surface area contributed by atoms with Crippen molar-refractivity contribution < 1.29 is 19.5 Å². The van der Waals surface area contributed by atoms with Crippen molar-refractivity contribution in [1.29, 1.82) is 0 Å². The highest BCUT2D eigenvalue weighted by Gasteiger charge is 2.28. The zero-order valence-electron chi connectivity index (χ0n) is 13.3. The summed E-state index contributed by atoms with van der Waals surface area (Å²) < 4.78 is 0. The molecule has 1 saturated heterocycles. The number of aromatic carboxylic acids is 1. The molecule has 1 aromatic carbocycles. The van der Waals surface area contributed by atoms with Crippen molar-refractivity contribution in [2.75, 3.05) is 13.1 Å². The molecule has 7 nitrogen and oxygen atoms in total. The number of benzene rings is 1. The average molecular weight is 331 g/mol. The summed E-state index contributed by atoms with van der Waals surface area (Å²) in [5, 5.41) is 15.0. The van der Waals surface area contributed by atoms with Crippen LogP contribution in [0.1, 0.15) is 46.4 Å². The van der Waals surface area contributed by atoms with E-state index in [1.54, 1.807) is 23.1 Å². The second-order valence-electron chi connectivity index (χ2n) is 6.31. The van der Waals surface area contributed by atoms with Gasteiger partial charge in [-0.25, -0.2) is 9.59 Å². The molecule has 2 aliphatic rings. The number of nitrogens with zero attached hydrogens (tertiary/aromatic N) is 1. The van der Waals surface area contributed by atoms with Crippen molar-refractivity contribution in [3.05, 3.63) is 35.4 Å². The summed E-state index contributed by atoms with van der Waals surface area (Å²) in [5.74, 6) is -1.37. The second kappa shape index (κ2) is 6.90. The van der Waals surface area contributed by atoms with Crippen molar-refractivity contribution in [1.82, 2.24) is 15.5 Å². The Hall–Kier alpha value is -2.57. The summed E-state index contributed by atoms with van der Waals surface area (Å²) in [6, 6.07) is 6.47. The first-order valence-corrected chi connectivity index (χ1v) is 8.23. The second-order valence-corrected chi connectivity index (χ2v) is 6.31. The molecule has 1 heterocycles. The van der Waals surface area contributed by atoms with Crippen LogP contribution >= 0.6 is 0 Å². The standard InChI is InChI=1S/C17H21N3O4/c21-15(13-3-1-2-4-14(13)16(22)23)20-9-7-12(8-10-20)19-17(24)18-11-5-6-11/h1-4,11-12H,5-10H2,(H,22,23)(H2,18,19,24). The summed E-state index contributed by atoms with van der Waals surface area (Å²) in [4.78, 5) is 37.2. The SMILES string of the molecule is O=C(NC1CC1)NC1CCN(C(=O)c2ccccc2C(=O)O)CC1. The van der Waals surface area contributed by atoms with Gasteiger partial charge in [0.2, 0.25) is 0 Å². The van der Waals surface area contributed by atoms with E-state index in [1.807, 2.05) is 0 Å². The van der Waals surface area contributed by atoms with Crippen LogP contribution in [0.3, 0.4) is 0 Å². The first-order valence-electron chi connectivity index (χ1n) is 8.23. The summed E-state index contributed by atoms with van der Waals surface area (Å²) >= 11 is 0. The fourth-order valence-electron chi connectivity index (χ4n) is 2.89. The van der Waals surface area contributed by atoms with Crippen LogP contribution in [0.2, 0.25) is 0 Å². The molecule has 24 heavy (non-hydrogen) atoms. The van der Waals surface area contributed by atoms with Gasteiger partial charge in [-0.3, -0.25) is 4.79 Å². The van der Waals surface area contributed by atoms with Gasteiger partial charge in [-0.15, -0.1) is 0 Å². The molecule has 0 radical (unpaired) electrons. The molecule has 0 spiro atoms. The van der Waals surface area contributed by atoms with Gasteiger partial charge in [0.1, 0.15) is 0 Å². The Kier molecular flexibility index (Phi) is 4.69. The molecule has 0 bridgehead atoms. The third kappa shape index (κ3) is 3.84. The normalized spacial score (nSPS) is 18.1. The predicted octanol–water partition coefficient (Wildman–Crippen LogP) is 1.45. The van der Waals surface area contributed by atoms with Crippen LogP contribution in [0, 0.1) is 0 Å². The number of carbonyl (C=O) groups excluding carboxylic acids is 2. The lowest BCUT2D eigenvalue weighted by molar-refractivity contribution is 0.0659. The molecule has 1 saturated carbocycles. The molecule has 1 aliphatic heterocycles. The number of hydrogen-bond donors (Lipinski definition) is 3. The van der Waals surface area contributed by atoms with Crippen LogP contribution in [0.5, 0.6) is 0 Å². The maximum atomic E-state index is 12.6. The molecule has 2 fully saturated rings. The molecule has 3 rings (SSSR count). The van der Waals surface area contributed by atoms with Crippen LogP contribution in [0.15, 0.2) is 24.3 Å². The van der Waals surface area contributed by atoms with Crippen molar-refractivity contribution in [2.45, 2.75) is 37.8 Å². The number of urea groups is 1. The van der Waals surface area contributed by atoms with E-state index in [0.717, 1.165) is 12.8 Å². The van der Waals surface area contributed by atoms with Crippen LogP contribution in [0.25, 0.3) is 0 Å². The topological polar surface area (TPSA) is 98.7 Å². The largest absolute Gasteiger partial charge is 0.478 e. The number of carbonyl (C=O) groups is 3. The summed E-state index contributed by atoms with van der Waals surface area (Å²) in [7, 11) is 0. The van der Waals surface area contributed by atoms with Crippen molar-refractivity contribution >= 4 is 17.9 Å². The molecule has 0 atom stereocenters. The molecular weight excluding hydrogens is 310 g/mol. The summed E-state index contributed by atoms with van der Waals surface area (Å²) in [5.41, 5.74) is 0.231. The maximum absolute atomic E-state index is 12.6. The molecule has 128 valence electrons. The molecule has 3 amide bonds. The summed E-state index contributed by atoms with van der Waals surface area (Å²) in [6.45, 7) is 1.00. The number of carboxylic acid groups (broad SMARTS) is 1. The number of nitrogens with one attached hydrogen (secondary N) is 2. The Balaban J connectivity index is 1.55. The summed E-state index contributed by atoms with van der Waals surface area (Å²) in [6.07, 6.45) is 3.42. The number of amides is 3. The van der Waals surface area contributed by atoms with Gasteiger partial charge >= 0.3 is 12.0 Å². The Labute approximate surface area is 140 Å². The lowest BCUT2D eigenvalue weighted by Gasteiger charge is -2.32. The van der Waals surface area contributed by atoms with Gasteiger partial charge < -0.3 is 20.6 Å². The highest BCUT2D eigenvalue weighted by molar-refractivity contribution is 6.04. The smallest absolute Gasteiger partial charge is 0.336 e. The molecule has 7 heteroatoms. The minimum Gasteiger partial charge on any atom is -0.478 e. The first kappa shape index (κ1) is 16.3. The molecule has 1 aliphatic carbocycles. The molecule has 3 N–H and O–H groups in total. The molecule has 0 unspecified atom stereocenters. The van der Waals surface area contributed by atoms with Gasteiger partial charge in [-0.2, -0.15) is 0 Å². The predicted molar refractivity (Wildman–Crippen MR) is 87.0 cm³/mol. The van der Waals surface area contributed by atoms with Crippen molar-refractivity contribution in [3.8, 4) is 0 Å². The van der Waals surface area contributed by atoms with Gasteiger partial charge in [0, 0.05) is 25.2 Å². The third-order valence-electron chi connectivity index (χ3n) is 4.42. The minimum absolute atomic E-state index is 0.0200. The highest BCUT2D eigenvalue weighted by Crippen LogP contribution is 2.19. The van der Waals surface area contributed by atoms with E-state index in [0.29, 0.717) is 32.0 Å². The Morgan fingerprint density at radius 1 is 0.917 bits per heavy atom. The lowest BCUT2D eigenvalue weighted by atomic mass is 10.0. The fraction of sp³-hybridized carbons (Fsp3) is 0.471. The van der Waals surface area contributed by atoms with E-state index >= 15 is 0 Å². The number of rotatable bonds is 4. The number of piperidine rings is 1. The quantitative estimate of drug-likeness (QED) is 0.777. The van der Waals surface area contributed by atoms with Gasteiger partial charge in [0.25, 0.3) is 5.91 Å². The highest BCUT2D eigenvalue weighted by atomic mass is 16.4. The molecule has 1 aromatic rings. The van der Waals surface area contributed by atoms with Gasteiger partial charge in [-0.1, -0.05) is 12.1 Å². The maximum Gasteiger partial charge on any atom is 0.336 e. The van der Waals surface area contributed by atoms with Crippen LogP contribution in [0.4, 0.5) is 4.79 Å². The van der Waals surface area contributed by atoms with Crippen LogP contribution in [-0.4, -0.2) is 53.1 Å². The number of hydrogen-bond acceptors (Lipinski definition) is 3. The molecule has 0 aromatic heterocycles. The van der Waals surface area contributed by atoms with E-state index in [9.17, 15) is 19.5 Å². The van der Waals surface area contributed by atoms with E-state index in [1.165, 1.54) is 6.07 Å². The average Bonchev–Trinajstić information content (AvgIpc) is 3.38. The molecular formula is C17H21N3O4. The third-order valence-corrected chi connectivity index (χ3v) is 4.42. The van der Waals surface area contributed by atoms with E-state index < -0.39 is 5.97 Å². The van der Waals surface area contributed by atoms with Crippen molar-refractivity contribution in [2.24, 2.45) is 0 Å². The zero-order chi connectivity index (χ0) is 17.1. The lowest BCUT2D eigenvalue weighted by Crippen LogP contribution is -2.49. The Bertz CT molecular complexity index is 649. The zero-order valence-corrected chi connectivity index (χ0v) is 13.3. The Morgan fingerprint density at radius 3 is 2.00 bits per heavy atom. The minimum atomic E-state index is -1.10. The Morgan fingerprint density at radius 2 is 1.46 bits per heavy atom.